The number of carbonyl (C=O) groups excluding carboxylic acids is 1. The zero-order valence-electron chi connectivity index (χ0n) is 17.1. The predicted octanol–water partition coefficient (Wildman–Crippen LogP) is 3.85. The van der Waals surface area contributed by atoms with Gasteiger partial charge < -0.3 is 10.6 Å². The van der Waals surface area contributed by atoms with Crippen molar-refractivity contribution in [2.45, 2.75) is 44.7 Å². The van der Waals surface area contributed by atoms with Crippen LogP contribution in [0.1, 0.15) is 30.7 Å². The summed E-state index contributed by atoms with van der Waals surface area (Å²) in [5, 5.41) is 17.5. The Hall–Kier alpha value is -2.59. The number of rotatable bonds is 7. The number of anilines is 1. The second kappa shape index (κ2) is 9.69. The van der Waals surface area contributed by atoms with Gasteiger partial charge >= 0.3 is 0 Å². The summed E-state index contributed by atoms with van der Waals surface area (Å²) in [6, 6.07) is 3.04. The third-order valence-electron chi connectivity index (χ3n) is 5.54. The van der Waals surface area contributed by atoms with E-state index in [1.54, 1.807) is 12.4 Å². The number of fused-ring (bicyclic) bond motifs is 1. The second-order valence-electron chi connectivity index (χ2n) is 7.82. The van der Waals surface area contributed by atoms with Gasteiger partial charge in [-0.2, -0.15) is 0 Å². The summed E-state index contributed by atoms with van der Waals surface area (Å²) in [5.74, 6) is 0.271. The van der Waals surface area contributed by atoms with E-state index in [-0.39, 0.29) is 17.9 Å². The molecule has 31 heavy (non-hydrogen) atoms. The molecule has 3 aromatic rings. The Bertz CT molecular complexity index is 1050. The van der Waals surface area contributed by atoms with Crippen molar-refractivity contribution in [3.05, 3.63) is 29.5 Å². The first-order chi connectivity index (χ1) is 15.1. The molecule has 0 aromatic carbocycles. The van der Waals surface area contributed by atoms with Gasteiger partial charge in [-0.3, -0.25) is 9.78 Å². The average molecular weight is 447 g/mol. The highest BCUT2D eigenvalue weighted by Crippen LogP contribution is 2.28. The van der Waals surface area contributed by atoms with E-state index in [9.17, 15) is 13.6 Å². The topological polar surface area (TPSA) is 92.7 Å². The second-order valence-corrected chi connectivity index (χ2v) is 9.00. The van der Waals surface area contributed by atoms with Crippen LogP contribution in [0.5, 0.6) is 0 Å². The maximum Gasteiger partial charge on any atom is 0.228 e. The number of halogens is 2. The first kappa shape index (κ1) is 21.6. The lowest BCUT2D eigenvalue weighted by atomic mass is 9.85. The monoisotopic (exact) mass is 446 g/mol. The molecule has 1 amide bonds. The minimum Gasteiger partial charge on any atom is -0.310 e. The van der Waals surface area contributed by atoms with Crippen LogP contribution in [0.4, 0.5) is 14.6 Å². The number of amides is 1. The molecule has 1 saturated carbocycles. The minimum atomic E-state index is -0.749. The van der Waals surface area contributed by atoms with Crippen LogP contribution in [0.25, 0.3) is 21.5 Å². The van der Waals surface area contributed by atoms with Crippen molar-refractivity contribution in [3.63, 3.8) is 0 Å². The van der Waals surface area contributed by atoms with Gasteiger partial charge in [0.15, 0.2) is 5.01 Å². The first-order valence-corrected chi connectivity index (χ1v) is 11.1. The Labute approximate surface area is 182 Å². The Balaban J connectivity index is 1.39. The van der Waals surface area contributed by atoms with Crippen molar-refractivity contribution in [3.8, 4) is 10.7 Å². The summed E-state index contributed by atoms with van der Waals surface area (Å²) in [4.78, 5) is 21.5. The van der Waals surface area contributed by atoms with Gasteiger partial charge in [0.1, 0.15) is 29.9 Å². The van der Waals surface area contributed by atoms with Gasteiger partial charge in [-0.05, 0) is 50.1 Å². The quantitative estimate of drug-likeness (QED) is 0.573. The largest absolute Gasteiger partial charge is 0.310 e. The highest BCUT2D eigenvalue weighted by molar-refractivity contribution is 7.14. The van der Waals surface area contributed by atoms with E-state index in [2.05, 4.69) is 30.8 Å². The van der Waals surface area contributed by atoms with E-state index in [1.165, 1.54) is 11.3 Å². The van der Waals surface area contributed by atoms with Gasteiger partial charge in [0.25, 0.3) is 0 Å². The molecule has 3 heterocycles. The van der Waals surface area contributed by atoms with Gasteiger partial charge in [-0.25, -0.2) is 13.8 Å². The summed E-state index contributed by atoms with van der Waals surface area (Å²) in [5.41, 5.74) is 0.729. The van der Waals surface area contributed by atoms with Crippen LogP contribution < -0.4 is 10.6 Å². The average Bonchev–Trinajstić information content (AvgIpc) is 3.23. The summed E-state index contributed by atoms with van der Waals surface area (Å²) < 4.78 is 25.4. The number of nitrogens with one attached hydrogen (secondary N) is 2. The lowest BCUT2D eigenvalue weighted by molar-refractivity contribution is -0.120. The molecule has 4 rings (SSSR count). The Morgan fingerprint density at radius 2 is 1.84 bits per heavy atom. The van der Waals surface area contributed by atoms with Crippen LogP contribution in [0.3, 0.4) is 0 Å². The van der Waals surface area contributed by atoms with E-state index in [0.717, 1.165) is 39.3 Å². The molecule has 0 bridgehead atoms. The van der Waals surface area contributed by atoms with Crippen molar-refractivity contribution in [2.24, 2.45) is 5.92 Å². The molecule has 10 heteroatoms. The zero-order chi connectivity index (χ0) is 21.8. The van der Waals surface area contributed by atoms with Crippen LogP contribution in [0, 0.1) is 12.8 Å². The van der Waals surface area contributed by atoms with Gasteiger partial charge in [-0.1, -0.05) is 11.3 Å². The molecule has 164 valence electrons. The Morgan fingerprint density at radius 1 is 1.10 bits per heavy atom. The van der Waals surface area contributed by atoms with Gasteiger partial charge in [0.05, 0.1) is 6.04 Å². The van der Waals surface area contributed by atoms with E-state index in [4.69, 9.17) is 0 Å². The van der Waals surface area contributed by atoms with Crippen LogP contribution in [0.2, 0.25) is 0 Å². The van der Waals surface area contributed by atoms with Crippen molar-refractivity contribution in [1.29, 1.82) is 0 Å². The van der Waals surface area contributed by atoms with Crippen molar-refractivity contribution < 1.29 is 13.6 Å². The molecular formula is C21H24F2N6OS. The number of hydrogen-bond donors (Lipinski definition) is 2. The number of nitrogens with zero attached hydrogens (tertiary/aromatic N) is 4. The van der Waals surface area contributed by atoms with Crippen LogP contribution >= 0.6 is 11.3 Å². The zero-order valence-corrected chi connectivity index (χ0v) is 18.0. The van der Waals surface area contributed by atoms with Gasteiger partial charge in [0, 0.05) is 29.7 Å². The molecule has 0 unspecified atom stereocenters. The minimum absolute atomic E-state index is 0.0502. The van der Waals surface area contributed by atoms with Crippen LogP contribution in [-0.4, -0.2) is 51.5 Å². The molecule has 7 nitrogen and oxygen atoms in total. The van der Waals surface area contributed by atoms with Crippen molar-refractivity contribution in [1.82, 2.24) is 25.5 Å². The molecule has 0 saturated heterocycles. The molecular weight excluding hydrogens is 422 g/mol. The molecule has 2 N–H and O–H groups in total. The third-order valence-corrected chi connectivity index (χ3v) is 6.40. The molecule has 1 aliphatic rings. The standard InChI is InChI=1S/C21H24F2N6OS/c1-12-28-29-21(31-12)18-6-14-7-19(25-11-15(14)10-24-18)27-20(30)13-2-4-16(5-3-13)26-17(8-22)9-23/h6-7,10-11,13,16-17,26H,2-5,8-9H2,1H3,(H,25,27,30)/t13-,16-. The first-order valence-electron chi connectivity index (χ1n) is 10.3. The third kappa shape index (κ3) is 5.19. The van der Waals surface area contributed by atoms with E-state index < -0.39 is 19.4 Å². The highest BCUT2D eigenvalue weighted by Gasteiger charge is 2.27. The number of carbonyl (C=O) groups is 1. The van der Waals surface area contributed by atoms with Crippen molar-refractivity contribution in [2.75, 3.05) is 18.7 Å². The van der Waals surface area contributed by atoms with Crippen LogP contribution in [-0.2, 0) is 4.79 Å². The van der Waals surface area contributed by atoms with E-state index in [0.29, 0.717) is 18.7 Å². The fourth-order valence-electron chi connectivity index (χ4n) is 3.84. The molecule has 0 spiro atoms. The fraction of sp³-hybridized carbons (Fsp3) is 0.476. The lowest BCUT2D eigenvalue weighted by Gasteiger charge is -2.30. The highest BCUT2D eigenvalue weighted by atomic mass is 32.1. The number of aryl methyl sites for hydroxylation is 1. The predicted molar refractivity (Wildman–Crippen MR) is 116 cm³/mol. The molecule has 1 fully saturated rings. The Kier molecular flexibility index (Phi) is 6.77. The van der Waals surface area contributed by atoms with Gasteiger partial charge in [-0.15, -0.1) is 10.2 Å². The summed E-state index contributed by atoms with van der Waals surface area (Å²) in [6.45, 7) is 0.449. The number of hydrogen-bond acceptors (Lipinski definition) is 7. The smallest absolute Gasteiger partial charge is 0.228 e. The van der Waals surface area contributed by atoms with Crippen LogP contribution in [0.15, 0.2) is 24.5 Å². The summed E-state index contributed by atoms with van der Waals surface area (Å²) >= 11 is 1.47. The normalized spacial score (nSPS) is 19.1. The SMILES string of the molecule is Cc1nnc(-c2cc3cc(NC(=O)[C@H]4CC[C@H](NC(CF)CF)CC4)ncc3cn2)s1. The number of pyridine rings is 2. The molecule has 1 aliphatic carbocycles. The number of aromatic nitrogens is 4. The molecule has 0 aliphatic heterocycles. The van der Waals surface area contributed by atoms with Gasteiger partial charge in [0.2, 0.25) is 5.91 Å². The summed E-state index contributed by atoms with van der Waals surface area (Å²) in [6.07, 6.45) is 6.20. The lowest BCUT2D eigenvalue weighted by Crippen LogP contribution is -2.44. The van der Waals surface area contributed by atoms with E-state index >= 15 is 0 Å². The summed E-state index contributed by atoms with van der Waals surface area (Å²) in [7, 11) is 0. The van der Waals surface area contributed by atoms with E-state index in [1.807, 2.05) is 19.1 Å². The molecule has 3 aromatic heterocycles. The van der Waals surface area contributed by atoms with Crippen molar-refractivity contribution >= 4 is 33.8 Å². The Morgan fingerprint density at radius 3 is 2.52 bits per heavy atom. The molecule has 0 radical (unpaired) electrons. The maximum atomic E-state index is 12.7. The fourth-order valence-corrected chi connectivity index (χ4v) is 4.50. The number of alkyl halides is 2. The molecule has 0 atom stereocenters. The maximum absolute atomic E-state index is 12.7.